The van der Waals surface area contributed by atoms with E-state index in [4.69, 9.17) is 15.4 Å². The molecule has 6 nitrogen and oxygen atoms in total. The van der Waals surface area contributed by atoms with Crippen LogP contribution in [0.1, 0.15) is 11.5 Å². The Labute approximate surface area is 98.4 Å². The zero-order valence-corrected chi connectivity index (χ0v) is 9.59. The van der Waals surface area contributed by atoms with E-state index in [0.717, 1.165) is 11.5 Å². The van der Waals surface area contributed by atoms with Crippen LogP contribution in [0.4, 0.5) is 4.79 Å². The predicted molar refractivity (Wildman–Crippen MR) is 58.6 cm³/mol. The van der Waals surface area contributed by atoms with Gasteiger partial charge in [0.25, 0.3) is 0 Å². The number of nitrogens with two attached hydrogens (primary N) is 1. The number of amides is 1. The Morgan fingerprint density at radius 1 is 1.71 bits per heavy atom. The van der Waals surface area contributed by atoms with Crippen molar-refractivity contribution in [2.45, 2.75) is 12.3 Å². The minimum absolute atomic E-state index is 0.149. The zero-order chi connectivity index (χ0) is 12.2. The highest BCUT2D eigenvalue weighted by Gasteiger charge is 2.70. The van der Waals surface area contributed by atoms with E-state index >= 15 is 0 Å². The number of likely N-dealkylation sites (tertiary alicyclic amines) is 1. The Bertz CT molecular complexity index is 458. The molecule has 1 aliphatic carbocycles. The van der Waals surface area contributed by atoms with Gasteiger partial charge in [-0.15, -0.1) is 0 Å². The fourth-order valence-corrected chi connectivity index (χ4v) is 3.26. The molecule has 2 heterocycles. The number of aryl methyl sites for hydroxylation is 1. The average Bonchev–Trinajstić information content (AvgIpc) is 2.72. The van der Waals surface area contributed by atoms with E-state index in [2.05, 4.69) is 5.16 Å². The van der Waals surface area contributed by atoms with E-state index in [1.54, 1.807) is 0 Å². The highest BCUT2D eigenvalue weighted by molar-refractivity contribution is 5.66. The third-order valence-electron chi connectivity index (χ3n) is 4.25. The van der Waals surface area contributed by atoms with Crippen molar-refractivity contribution < 1.29 is 14.4 Å². The molecule has 92 valence electrons. The van der Waals surface area contributed by atoms with Crippen molar-refractivity contribution in [1.82, 2.24) is 10.1 Å². The van der Waals surface area contributed by atoms with Gasteiger partial charge in [-0.2, -0.15) is 0 Å². The number of fused-ring (bicyclic) bond motifs is 1. The van der Waals surface area contributed by atoms with Crippen LogP contribution in [-0.4, -0.2) is 40.9 Å². The Morgan fingerprint density at radius 3 is 2.76 bits per heavy atom. The van der Waals surface area contributed by atoms with Gasteiger partial charge < -0.3 is 20.3 Å². The maximum absolute atomic E-state index is 10.9. The standard InChI is InChI=1S/C11H15N3O3/c1-6-2-9(13-17-6)11(5-12)7-3-14(10(15)16)4-8(7)11/h2,7-8H,3-5,12H2,1H3,(H,15,16)/t7-,8+,11?. The van der Waals surface area contributed by atoms with Gasteiger partial charge in [0.05, 0.1) is 5.69 Å². The number of nitrogens with zero attached hydrogens (tertiary/aromatic N) is 2. The third kappa shape index (κ3) is 1.24. The highest BCUT2D eigenvalue weighted by Crippen LogP contribution is 2.62. The Balaban J connectivity index is 1.84. The van der Waals surface area contributed by atoms with Crippen molar-refractivity contribution in [3.05, 3.63) is 17.5 Å². The first-order valence-corrected chi connectivity index (χ1v) is 5.71. The molecule has 6 heteroatoms. The number of carboxylic acid groups (broad SMARTS) is 1. The number of rotatable bonds is 2. The summed E-state index contributed by atoms with van der Waals surface area (Å²) in [7, 11) is 0. The van der Waals surface area contributed by atoms with Crippen molar-refractivity contribution in [2.75, 3.05) is 19.6 Å². The molecule has 17 heavy (non-hydrogen) atoms. The van der Waals surface area contributed by atoms with Crippen LogP contribution in [0.2, 0.25) is 0 Å². The third-order valence-corrected chi connectivity index (χ3v) is 4.25. The average molecular weight is 237 g/mol. The van der Waals surface area contributed by atoms with Crippen LogP contribution in [0.3, 0.4) is 0 Å². The van der Waals surface area contributed by atoms with Gasteiger partial charge in [0.1, 0.15) is 5.76 Å². The summed E-state index contributed by atoms with van der Waals surface area (Å²) in [5.74, 6) is 1.37. The molecule has 3 N–H and O–H groups in total. The minimum atomic E-state index is -0.848. The lowest BCUT2D eigenvalue weighted by Crippen LogP contribution is -2.37. The molecule has 0 bridgehead atoms. The van der Waals surface area contributed by atoms with Crippen LogP contribution >= 0.6 is 0 Å². The van der Waals surface area contributed by atoms with Crippen molar-refractivity contribution in [3.8, 4) is 0 Å². The van der Waals surface area contributed by atoms with Gasteiger partial charge >= 0.3 is 6.09 Å². The van der Waals surface area contributed by atoms with E-state index < -0.39 is 6.09 Å². The van der Waals surface area contributed by atoms with Crippen molar-refractivity contribution in [2.24, 2.45) is 17.6 Å². The number of hydrogen-bond donors (Lipinski definition) is 2. The molecule has 3 rings (SSSR count). The van der Waals surface area contributed by atoms with Crippen LogP contribution in [0.15, 0.2) is 10.6 Å². The maximum Gasteiger partial charge on any atom is 0.407 e. The van der Waals surface area contributed by atoms with Gasteiger partial charge in [0, 0.05) is 31.1 Å². The molecule has 1 unspecified atom stereocenters. The van der Waals surface area contributed by atoms with E-state index in [0.29, 0.717) is 31.5 Å². The molecule has 1 saturated heterocycles. The molecular weight excluding hydrogens is 222 g/mol. The first-order valence-electron chi connectivity index (χ1n) is 5.71. The lowest BCUT2D eigenvalue weighted by atomic mass is 9.95. The van der Waals surface area contributed by atoms with E-state index in [9.17, 15) is 4.79 Å². The SMILES string of the molecule is Cc1cc(C2(CN)[C@@H]3CN(C(=O)O)C[C@@H]32)no1. The second kappa shape index (κ2) is 3.22. The first-order chi connectivity index (χ1) is 8.09. The number of piperidine rings is 1. The van der Waals surface area contributed by atoms with Gasteiger partial charge in [-0.3, -0.25) is 0 Å². The van der Waals surface area contributed by atoms with Gasteiger partial charge in [-0.05, 0) is 18.8 Å². The molecule has 3 atom stereocenters. The molecular formula is C11H15N3O3. The molecule has 1 aromatic heterocycles. The zero-order valence-electron chi connectivity index (χ0n) is 9.59. The summed E-state index contributed by atoms with van der Waals surface area (Å²) in [4.78, 5) is 12.3. The predicted octanol–water partition coefficient (Wildman–Crippen LogP) is 0.419. The second-order valence-corrected chi connectivity index (χ2v) is 4.97. The summed E-state index contributed by atoms with van der Waals surface area (Å²) >= 11 is 0. The van der Waals surface area contributed by atoms with Crippen LogP contribution < -0.4 is 5.73 Å². The summed E-state index contributed by atoms with van der Waals surface area (Å²) in [6.45, 7) is 3.47. The van der Waals surface area contributed by atoms with Gasteiger partial charge in [-0.25, -0.2) is 4.79 Å². The number of carbonyl (C=O) groups is 1. The normalized spacial score (nSPS) is 34.8. The van der Waals surface area contributed by atoms with Gasteiger partial charge in [0.15, 0.2) is 0 Å². The molecule has 2 fully saturated rings. The minimum Gasteiger partial charge on any atom is -0.465 e. The summed E-state index contributed by atoms with van der Waals surface area (Å²) < 4.78 is 5.10. The van der Waals surface area contributed by atoms with Crippen LogP contribution in [0.25, 0.3) is 0 Å². The van der Waals surface area contributed by atoms with Crippen molar-refractivity contribution >= 4 is 6.09 Å². The molecule has 1 aliphatic heterocycles. The van der Waals surface area contributed by atoms with Crippen molar-refractivity contribution in [1.29, 1.82) is 0 Å². The topological polar surface area (TPSA) is 92.6 Å². The molecule has 1 amide bonds. The fourth-order valence-electron chi connectivity index (χ4n) is 3.26. The van der Waals surface area contributed by atoms with Gasteiger partial charge in [0.2, 0.25) is 0 Å². The van der Waals surface area contributed by atoms with E-state index in [1.165, 1.54) is 4.90 Å². The van der Waals surface area contributed by atoms with Crippen LogP contribution in [0.5, 0.6) is 0 Å². The van der Waals surface area contributed by atoms with Gasteiger partial charge in [-0.1, -0.05) is 5.16 Å². The lowest BCUT2D eigenvalue weighted by molar-refractivity contribution is 0.146. The van der Waals surface area contributed by atoms with E-state index in [-0.39, 0.29) is 5.41 Å². The molecule has 1 aromatic rings. The fraction of sp³-hybridized carbons (Fsp3) is 0.636. The van der Waals surface area contributed by atoms with Crippen LogP contribution in [0, 0.1) is 18.8 Å². The monoisotopic (exact) mass is 237 g/mol. The summed E-state index contributed by atoms with van der Waals surface area (Å²) in [5.41, 5.74) is 6.61. The molecule has 1 saturated carbocycles. The highest BCUT2D eigenvalue weighted by atomic mass is 16.5. The Morgan fingerprint density at radius 2 is 2.35 bits per heavy atom. The largest absolute Gasteiger partial charge is 0.465 e. The first kappa shape index (κ1) is 10.6. The summed E-state index contributed by atoms with van der Waals surface area (Å²) in [6, 6.07) is 1.91. The number of hydrogen-bond acceptors (Lipinski definition) is 4. The second-order valence-electron chi connectivity index (χ2n) is 4.97. The van der Waals surface area contributed by atoms with Crippen LogP contribution in [-0.2, 0) is 5.41 Å². The summed E-state index contributed by atoms with van der Waals surface area (Å²) in [5, 5.41) is 13.0. The maximum atomic E-state index is 10.9. The molecule has 0 radical (unpaired) electrons. The van der Waals surface area contributed by atoms with E-state index in [1.807, 2.05) is 13.0 Å². The smallest absolute Gasteiger partial charge is 0.407 e. The Hall–Kier alpha value is -1.56. The Kier molecular flexibility index (Phi) is 2.01. The molecule has 0 spiro atoms. The lowest BCUT2D eigenvalue weighted by Gasteiger charge is -2.22. The summed E-state index contributed by atoms with van der Waals surface area (Å²) in [6.07, 6.45) is -0.848. The number of aromatic nitrogens is 1. The van der Waals surface area contributed by atoms with Crippen molar-refractivity contribution in [3.63, 3.8) is 0 Å². The quantitative estimate of drug-likeness (QED) is 0.777. The molecule has 2 aliphatic rings. The molecule has 0 aromatic carbocycles.